The molecule has 2 aromatic rings. The average Bonchev–Trinajstić information content (AvgIpc) is 3.13. The quantitative estimate of drug-likeness (QED) is 0.208. The van der Waals surface area contributed by atoms with Crippen molar-refractivity contribution in [3.8, 4) is 0 Å². The van der Waals surface area contributed by atoms with Gasteiger partial charge in [0, 0.05) is 25.9 Å². The third-order valence-corrected chi connectivity index (χ3v) is 4.78. The topological polar surface area (TPSA) is 101 Å². The van der Waals surface area contributed by atoms with Crippen molar-refractivity contribution in [1.29, 1.82) is 0 Å². The molecule has 1 aromatic heterocycles. The van der Waals surface area contributed by atoms with Crippen LogP contribution in [0, 0.1) is 5.82 Å². The first-order chi connectivity index (χ1) is 13.4. The summed E-state index contributed by atoms with van der Waals surface area (Å²) in [6.45, 7) is 4.42. The zero-order valence-corrected chi connectivity index (χ0v) is 19.8. The van der Waals surface area contributed by atoms with E-state index in [1.807, 2.05) is 11.5 Å². The van der Waals surface area contributed by atoms with Crippen LogP contribution in [0.2, 0.25) is 0 Å². The van der Waals surface area contributed by atoms with E-state index >= 15 is 0 Å². The molecule has 0 aliphatic rings. The molecular formula is C18H28FIN6O2S. The molecule has 0 bridgehead atoms. The van der Waals surface area contributed by atoms with Crippen LogP contribution in [0.3, 0.4) is 0 Å². The van der Waals surface area contributed by atoms with Crippen molar-refractivity contribution >= 4 is 39.8 Å². The van der Waals surface area contributed by atoms with Gasteiger partial charge in [-0.3, -0.25) is 0 Å². The maximum absolute atomic E-state index is 13.6. The third-order valence-electron chi connectivity index (χ3n) is 3.94. The second kappa shape index (κ2) is 12.7. The standard InChI is InChI=1S/C18H27FN6O2S.HI/c1-3-20-18(21-8-4-5-9-25-13-23-24-14-25)22-11-16-10-17(19)7-6-15(16)12-28(2,26)27;/h6-7,10,13-14H,3-5,8-9,11-12H2,1-2H3,(H2,20,21,22);1H. The Balaban J connectivity index is 0.00000420. The molecule has 1 heterocycles. The zero-order valence-electron chi connectivity index (χ0n) is 16.6. The smallest absolute Gasteiger partial charge is 0.191 e. The normalized spacial score (nSPS) is 11.8. The summed E-state index contributed by atoms with van der Waals surface area (Å²) in [7, 11) is -3.21. The maximum Gasteiger partial charge on any atom is 0.191 e. The molecule has 162 valence electrons. The fourth-order valence-corrected chi connectivity index (χ4v) is 3.48. The minimum absolute atomic E-state index is 0. The molecule has 2 N–H and O–H groups in total. The number of hydrogen-bond donors (Lipinski definition) is 2. The third kappa shape index (κ3) is 10.0. The highest BCUT2D eigenvalue weighted by atomic mass is 127. The van der Waals surface area contributed by atoms with E-state index in [0.717, 1.165) is 32.2 Å². The molecule has 0 atom stereocenters. The number of benzene rings is 1. The largest absolute Gasteiger partial charge is 0.357 e. The highest BCUT2D eigenvalue weighted by Crippen LogP contribution is 2.15. The number of aliphatic imine (C=N–C) groups is 1. The van der Waals surface area contributed by atoms with Gasteiger partial charge in [0.05, 0.1) is 12.3 Å². The van der Waals surface area contributed by atoms with Crippen molar-refractivity contribution < 1.29 is 12.8 Å². The number of guanidine groups is 1. The summed E-state index contributed by atoms with van der Waals surface area (Å²) in [4.78, 5) is 4.47. The molecule has 11 heteroatoms. The van der Waals surface area contributed by atoms with Gasteiger partial charge in [-0.15, -0.1) is 34.2 Å². The van der Waals surface area contributed by atoms with Gasteiger partial charge >= 0.3 is 0 Å². The minimum Gasteiger partial charge on any atom is -0.357 e. The fourth-order valence-electron chi connectivity index (χ4n) is 2.63. The highest BCUT2D eigenvalue weighted by Gasteiger charge is 2.10. The van der Waals surface area contributed by atoms with E-state index in [0.29, 0.717) is 23.6 Å². The monoisotopic (exact) mass is 538 g/mol. The molecule has 0 aliphatic heterocycles. The molecule has 2 rings (SSSR count). The molecular weight excluding hydrogens is 510 g/mol. The number of unbranched alkanes of at least 4 members (excludes halogenated alkanes) is 1. The first-order valence-corrected chi connectivity index (χ1v) is 11.2. The van der Waals surface area contributed by atoms with Crippen LogP contribution in [0.15, 0.2) is 35.8 Å². The lowest BCUT2D eigenvalue weighted by Crippen LogP contribution is -2.37. The van der Waals surface area contributed by atoms with Crippen LogP contribution in [0.5, 0.6) is 0 Å². The molecule has 0 saturated carbocycles. The number of nitrogens with zero attached hydrogens (tertiary/aromatic N) is 4. The summed E-state index contributed by atoms with van der Waals surface area (Å²) in [6.07, 6.45) is 6.43. The molecule has 29 heavy (non-hydrogen) atoms. The lowest BCUT2D eigenvalue weighted by Gasteiger charge is -2.12. The fraction of sp³-hybridized carbons (Fsp3) is 0.500. The maximum atomic E-state index is 13.6. The summed E-state index contributed by atoms with van der Waals surface area (Å²) in [6, 6.07) is 4.12. The van der Waals surface area contributed by atoms with E-state index in [2.05, 4.69) is 25.8 Å². The average molecular weight is 538 g/mol. The number of halogens is 2. The van der Waals surface area contributed by atoms with Crippen LogP contribution >= 0.6 is 24.0 Å². The summed E-state index contributed by atoms with van der Waals surface area (Å²) < 4.78 is 38.7. The van der Waals surface area contributed by atoms with Gasteiger partial charge in [0.25, 0.3) is 0 Å². The van der Waals surface area contributed by atoms with Gasteiger partial charge in [0.2, 0.25) is 0 Å². The Morgan fingerprint density at radius 2 is 1.90 bits per heavy atom. The Hall–Kier alpha value is -1.76. The van der Waals surface area contributed by atoms with Crippen LogP contribution in [0.1, 0.15) is 30.9 Å². The molecule has 0 aliphatic carbocycles. The SMILES string of the molecule is CCNC(=NCc1cc(F)ccc1CS(C)(=O)=O)NCCCCn1cnnc1.I. The highest BCUT2D eigenvalue weighted by molar-refractivity contribution is 14.0. The van der Waals surface area contributed by atoms with Gasteiger partial charge in [-0.1, -0.05) is 6.07 Å². The first kappa shape index (κ1) is 25.3. The van der Waals surface area contributed by atoms with E-state index in [1.54, 1.807) is 12.7 Å². The van der Waals surface area contributed by atoms with E-state index in [4.69, 9.17) is 0 Å². The van der Waals surface area contributed by atoms with Crippen molar-refractivity contribution in [2.24, 2.45) is 4.99 Å². The van der Waals surface area contributed by atoms with Gasteiger partial charge in [0.15, 0.2) is 15.8 Å². The van der Waals surface area contributed by atoms with Crippen molar-refractivity contribution in [2.75, 3.05) is 19.3 Å². The van der Waals surface area contributed by atoms with Crippen molar-refractivity contribution in [3.05, 3.63) is 47.8 Å². The molecule has 0 radical (unpaired) electrons. The number of aromatic nitrogens is 3. The Bertz CT molecular complexity index is 874. The van der Waals surface area contributed by atoms with Crippen LogP contribution in [-0.4, -0.2) is 48.5 Å². The summed E-state index contributed by atoms with van der Waals surface area (Å²) in [5.41, 5.74) is 1.13. The van der Waals surface area contributed by atoms with E-state index in [1.165, 1.54) is 18.2 Å². The summed E-state index contributed by atoms with van der Waals surface area (Å²) >= 11 is 0. The van der Waals surface area contributed by atoms with E-state index in [9.17, 15) is 12.8 Å². The number of nitrogens with one attached hydrogen (secondary N) is 2. The van der Waals surface area contributed by atoms with Crippen molar-refractivity contribution in [1.82, 2.24) is 25.4 Å². The molecule has 0 spiro atoms. The van der Waals surface area contributed by atoms with Crippen LogP contribution < -0.4 is 10.6 Å². The number of rotatable bonds is 10. The predicted octanol–water partition coefficient (Wildman–Crippen LogP) is 2.12. The molecule has 8 nitrogen and oxygen atoms in total. The van der Waals surface area contributed by atoms with Crippen LogP contribution in [-0.2, 0) is 28.7 Å². The number of hydrogen-bond acceptors (Lipinski definition) is 5. The molecule has 0 amide bonds. The Labute approximate surface area is 188 Å². The van der Waals surface area contributed by atoms with Crippen molar-refractivity contribution in [2.45, 2.75) is 38.6 Å². The van der Waals surface area contributed by atoms with E-state index in [-0.39, 0.29) is 36.3 Å². The van der Waals surface area contributed by atoms with E-state index < -0.39 is 15.7 Å². The van der Waals surface area contributed by atoms with Crippen molar-refractivity contribution in [3.63, 3.8) is 0 Å². The second-order valence-corrected chi connectivity index (χ2v) is 8.65. The van der Waals surface area contributed by atoms with Crippen LogP contribution in [0.4, 0.5) is 4.39 Å². The molecule has 1 aromatic carbocycles. The van der Waals surface area contributed by atoms with Gasteiger partial charge in [-0.05, 0) is 43.0 Å². The summed E-state index contributed by atoms with van der Waals surface area (Å²) in [5.74, 6) is 0.0707. The predicted molar refractivity (Wildman–Crippen MR) is 122 cm³/mol. The van der Waals surface area contributed by atoms with Gasteiger partial charge in [0.1, 0.15) is 18.5 Å². The molecule has 0 unspecified atom stereocenters. The molecule has 0 saturated heterocycles. The number of aryl methyl sites for hydroxylation is 1. The van der Waals surface area contributed by atoms with Gasteiger partial charge in [-0.25, -0.2) is 17.8 Å². The lowest BCUT2D eigenvalue weighted by molar-refractivity contribution is 0.597. The Morgan fingerprint density at radius 3 is 2.55 bits per heavy atom. The van der Waals surface area contributed by atoms with Gasteiger partial charge in [-0.2, -0.15) is 0 Å². The summed E-state index contributed by atoms with van der Waals surface area (Å²) in [5, 5.41) is 13.9. The Morgan fingerprint density at radius 1 is 1.17 bits per heavy atom. The van der Waals surface area contributed by atoms with Gasteiger partial charge < -0.3 is 15.2 Å². The lowest BCUT2D eigenvalue weighted by atomic mass is 10.1. The minimum atomic E-state index is -3.21. The Kier molecular flexibility index (Phi) is 11.1. The number of sulfone groups is 1. The first-order valence-electron chi connectivity index (χ1n) is 9.17. The molecule has 0 fully saturated rings. The zero-order chi connectivity index (χ0) is 20.4. The van der Waals surface area contributed by atoms with Crippen LogP contribution in [0.25, 0.3) is 0 Å². The second-order valence-electron chi connectivity index (χ2n) is 6.51.